The van der Waals surface area contributed by atoms with Gasteiger partial charge in [0.25, 0.3) is 0 Å². The molecule has 3 nitrogen and oxygen atoms in total. The number of halogens is 2. The van der Waals surface area contributed by atoms with Gasteiger partial charge in [-0.2, -0.15) is 0 Å². The molecule has 1 heterocycles. The topological polar surface area (TPSA) is 40.5 Å². The maximum atomic E-state index is 13.5. The Bertz CT molecular complexity index is 1020. The summed E-state index contributed by atoms with van der Waals surface area (Å²) in [7, 11) is 0. The van der Waals surface area contributed by atoms with E-state index in [4.69, 9.17) is 0 Å². The summed E-state index contributed by atoms with van der Waals surface area (Å²) >= 11 is 0. The highest BCUT2D eigenvalue weighted by molar-refractivity contribution is 5.99. The molecular formula is C26H25F2NO2. The molecule has 0 bridgehead atoms. The van der Waals surface area contributed by atoms with Crippen LogP contribution in [-0.4, -0.2) is 35.4 Å². The van der Waals surface area contributed by atoms with Crippen molar-refractivity contribution in [3.63, 3.8) is 0 Å². The van der Waals surface area contributed by atoms with E-state index in [1.807, 2.05) is 18.2 Å². The molecule has 2 atom stereocenters. The quantitative estimate of drug-likeness (QED) is 0.592. The Kier molecular flexibility index (Phi) is 6.25. The molecule has 31 heavy (non-hydrogen) atoms. The third kappa shape index (κ3) is 4.73. The maximum Gasteiger partial charge on any atom is 0.170 e. The summed E-state index contributed by atoms with van der Waals surface area (Å²) in [6.45, 7) is 1.75. The van der Waals surface area contributed by atoms with Crippen molar-refractivity contribution in [1.29, 1.82) is 0 Å². The van der Waals surface area contributed by atoms with E-state index in [9.17, 15) is 18.7 Å². The number of carbonyl (C=O) groups is 1. The largest absolute Gasteiger partial charge is 0.384 e. The van der Waals surface area contributed by atoms with Crippen LogP contribution in [0.1, 0.15) is 27.9 Å². The fourth-order valence-corrected chi connectivity index (χ4v) is 4.34. The molecule has 2 unspecified atom stereocenters. The number of nitrogens with zero attached hydrogens (tertiary/aromatic N) is 1. The van der Waals surface area contributed by atoms with Gasteiger partial charge in [0.1, 0.15) is 17.2 Å². The lowest BCUT2D eigenvalue weighted by molar-refractivity contribution is -0.0639. The summed E-state index contributed by atoms with van der Waals surface area (Å²) in [6.07, 6.45) is 1.19. The number of hydrogen-bond donors (Lipinski definition) is 1. The van der Waals surface area contributed by atoms with E-state index in [0.29, 0.717) is 30.6 Å². The predicted molar refractivity (Wildman–Crippen MR) is 116 cm³/mol. The van der Waals surface area contributed by atoms with Crippen LogP contribution in [0.15, 0.2) is 78.9 Å². The number of carbonyl (C=O) groups excluding carboxylic acids is 1. The van der Waals surface area contributed by atoms with E-state index in [-0.39, 0.29) is 5.78 Å². The first kappa shape index (κ1) is 21.3. The van der Waals surface area contributed by atoms with Crippen molar-refractivity contribution in [3.05, 3.63) is 107 Å². The lowest BCUT2D eigenvalue weighted by Gasteiger charge is -2.44. The normalized spacial score (nSPS) is 21.7. The van der Waals surface area contributed by atoms with Crippen LogP contribution in [0, 0.1) is 17.6 Å². The highest BCUT2D eigenvalue weighted by atomic mass is 19.1. The van der Waals surface area contributed by atoms with Crippen LogP contribution in [0.4, 0.5) is 8.78 Å². The molecular weight excluding hydrogens is 396 g/mol. The maximum absolute atomic E-state index is 13.5. The molecule has 0 spiro atoms. The molecule has 5 heteroatoms. The van der Waals surface area contributed by atoms with Crippen LogP contribution in [0.3, 0.4) is 0 Å². The zero-order valence-electron chi connectivity index (χ0n) is 17.2. The number of ketones is 1. The minimum atomic E-state index is -1.41. The van der Waals surface area contributed by atoms with E-state index < -0.39 is 23.2 Å². The predicted octanol–water partition coefficient (Wildman–Crippen LogP) is 4.60. The molecule has 3 aromatic rings. The molecule has 1 N–H and O–H groups in total. The molecule has 0 aromatic heterocycles. The second-order valence-corrected chi connectivity index (χ2v) is 8.14. The van der Waals surface area contributed by atoms with Gasteiger partial charge in [-0.15, -0.1) is 0 Å². The molecule has 3 aromatic carbocycles. The first-order chi connectivity index (χ1) is 15.0. The van der Waals surface area contributed by atoms with Crippen LogP contribution in [0.5, 0.6) is 0 Å². The first-order valence-electron chi connectivity index (χ1n) is 10.5. The molecule has 0 aliphatic carbocycles. The van der Waals surface area contributed by atoms with Gasteiger partial charge < -0.3 is 10.0 Å². The van der Waals surface area contributed by atoms with Gasteiger partial charge in [-0.25, -0.2) is 8.78 Å². The van der Waals surface area contributed by atoms with Crippen molar-refractivity contribution in [3.8, 4) is 0 Å². The van der Waals surface area contributed by atoms with Crippen LogP contribution in [0.2, 0.25) is 0 Å². The van der Waals surface area contributed by atoms with Gasteiger partial charge in [-0.1, -0.05) is 42.5 Å². The molecule has 0 amide bonds. The highest BCUT2D eigenvalue weighted by Crippen LogP contribution is 2.39. The van der Waals surface area contributed by atoms with E-state index in [0.717, 1.165) is 13.0 Å². The van der Waals surface area contributed by atoms with E-state index >= 15 is 0 Å². The van der Waals surface area contributed by atoms with Gasteiger partial charge in [-0.05, 0) is 60.4 Å². The second kappa shape index (κ2) is 9.08. The summed E-state index contributed by atoms with van der Waals surface area (Å²) in [5, 5.41) is 11.6. The lowest BCUT2D eigenvalue weighted by atomic mass is 9.72. The minimum absolute atomic E-state index is 0.240. The minimum Gasteiger partial charge on any atom is -0.384 e. The Labute approximate surface area is 181 Å². The molecule has 0 saturated carbocycles. The van der Waals surface area contributed by atoms with Gasteiger partial charge in [0.2, 0.25) is 0 Å². The van der Waals surface area contributed by atoms with Crippen LogP contribution < -0.4 is 0 Å². The van der Waals surface area contributed by atoms with Gasteiger partial charge in [-0.3, -0.25) is 4.79 Å². The van der Waals surface area contributed by atoms with Gasteiger partial charge >= 0.3 is 0 Å². The van der Waals surface area contributed by atoms with Gasteiger partial charge in [0.15, 0.2) is 5.78 Å². The standard InChI is InChI=1S/C26H25F2NO2/c27-22-10-6-20(7-11-22)25(30)24-18-29(16-14-19-4-2-1-3-5-19)17-15-26(24,31)21-8-12-23(28)13-9-21/h1-13,24,31H,14-18H2. The average molecular weight is 421 g/mol. The highest BCUT2D eigenvalue weighted by Gasteiger charge is 2.46. The summed E-state index contributed by atoms with van der Waals surface area (Å²) in [6, 6.07) is 21.2. The number of aliphatic hydroxyl groups is 1. The van der Waals surface area contributed by atoms with Crippen molar-refractivity contribution < 1.29 is 18.7 Å². The van der Waals surface area contributed by atoms with E-state index in [1.54, 1.807) is 12.1 Å². The first-order valence-corrected chi connectivity index (χ1v) is 10.5. The Morgan fingerprint density at radius 1 is 0.935 bits per heavy atom. The summed E-state index contributed by atoms with van der Waals surface area (Å²) in [4.78, 5) is 15.6. The van der Waals surface area contributed by atoms with Crippen molar-refractivity contribution in [2.45, 2.75) is 18.4 Å². The zero-order chi connectivity index (χ0) is 21.8. The smallest absolute Gasteiger partial charge is 0.170 e. The van der Waals surface area contributed by atoms with E-state index in [2.05, 4.69) is 17.0 Å². The average Bonchev–Trinajstić information content (AvgIpc) is 2.79. The van der Waals surface area contributed by atoms with Crippen LogP contribution >= 0.6 is 0 Å². The Morgan fingerprint density at radius 3 is 2.19 bits per heavy atom. The van der Waals surface area contributed by atoms with Gasteiger partial charge in [0.05, 0.1) is 5.92 Å². The molecule has 1 aliphatic heterocycles. The number of hydrogen-bond acceptors (Lipinski definition) is 3. The van der Waals surface area contributed by atoms with Crippen molar-refractivity contribution in [2.75, 3.05) is 19.6 Å². The van der Waals surface area contributed by atoms with Crippen molar-refractivity contribution >= 4 is 5.78 Å². The molecule has 0 radical (unpaired) electrons. The number of likely N-dealkylation sites (tertiary alicyclic amines) is 1. The Hall–Kier alpha value is -2.89. The van der Waals surface area contributed by atoms with Crippen molar-refractivity contribution in [1.82, 2.24) is 4.90 Å². The van der Waals surface area contributed by atoms with Gasteiger partial charge in [0, 0.05) is 25.2 Å². The second-order valence-electron chi connectivity index (χ2n) is 8.14. The molecule has 1 saturated heterocycles. The fourth-order valence-electron chi connectivity index (χ4n) is 4.34. The lowest BCUT2D eigenvalue weighted by Crippen LogP contribution is -2.53. The number of Topliss-reactive ketones (excluding diaryl/α,β-unsaturated/α-hetero) is 1. The Morgan fingerprint density at radius 2 is 1.55 bits per heavy atom. The molecule has 1 fully saturated rings. The number of benzene rings is 3. The number of rotatable bonds is 6. The van der Waals surface area contributed by atoms with E-state index in [1.165, 1.54) is 42.0 Å². The fraction of sp³-hybridized carbons (Fsp3) is 0.269. The third-order valence-corrected chi connectivity index (χ3v) is 6.18. The van der Waals surface area contributed by atoms with Crippen LogP contribution in [-0.2, 0) is 12.0 Å². The number of piperidine rings is 1. The molecule has 1 aliphatic rings. The summed E-state index contributed by atoms with van der Waals surface area (Å²) in [5.41, 5.74) is 0.680. The summed E-state index contributed by atoms with van der Waals surface area (Å²) < 4.78 is 26.8. The van der Waals surface area contributed by atoms with Crippen molar-refractivity contribution in [2.24, 2.45) is 5.92 Å². The molecule has 4 rings (SSSR count). The van der Waals surface area contributed by atoms with Crippen LogP contribution in [0.25, 0.3) is 0 Å². The Balaban J connectivity index is 1.60. The molecule has 160 valence electrons. The zero-order valence-corrected chi connectivity index (χ0v) is 17.2. The third-order valence-electron chi connectivity index (χ3n) is 6.18. The summed E-state index contributed by atoms with van der Waals surface area (Å²) in [5.74, 6) is -1.79. The SMILES string of the molecule is O=C(c1ccc(F)cc1)C1CN(CCc2ccccc2)CCC1(O)c1ccc(F)cc1. The monoisotopic (exact) mass is 421 g/mol.